The predicted octanol–water partition coefficient (Wildman–Crippen LogP) is 4.06. The van der Waals surface area contributed by atoms with E-state index in [0.29, 0.717) is 19.1 Å². The third-order valence-electron chi connectivity index (χ3n) is 7.70. The number of benzene rings is 2. The molecule has 9 heteroatoms. The Morgan fingerprint density at radius 3 is 2.46 bits per heavy atom. The Hall–Kier alpha value is -2.94. The molecule has 0 bridgehead atoms. The average Bonchev–Trinajstić information content (AvgIpc) is 3.06. The lowest BCUT2D eigenvalue weighted by Gasteiger charge is -2.45. The molecule has 3 aliphatic rings. The summed E-state index contributed by atoms with van der Waals surface area (Å²) in [5.74, 6) is 0.480. The maximum Gasteiger partial charge on any atom is 0.277 e. The van der Waals surface area contributed by atoms with Crippen molar-refractivity contribution in [2.75, 3.05) is 38.4 Å². The number of carbonyl (C=O) groups is 1. The summed E-state index contributed by atoms with van der Waals surface area (Å²) in [5, 5.41) is 12.9. The highest BCUT2D eigenvalue weighted by atomic mass is 35.5. The number of hydrogen-bond acceptors (Lipinski definition) is 6. The monoisotopic (exact) mass is 538 g/mol. The maximum atomic E-state index is 13.7. The third-order valence-corrected chi connectivity index (χ3v) is 8.84. The lowest BCUT2D eigenvalue weighted by Crippen LogP contribution is -2.56. The smallest absolute Gasteiger partial charge is 0.277 e. The molecule has 3 aliphatic heterocycles. The van der Waals surface area contributed by atoms with Crippen LogP contribution in [-0.4, -0.2) is 58.8 Å². The molecular weight excluding hydrogens is 508 g/mol. The quantitative estimate of drug-likeness (QED) is 0.542. The fraction of sp³-hybridized carbons (Fsp3) is 0.357. The van der Waals surface area contributed by atoms with E-state index in [2.05, 4.69) is 65.5 Å². The molecule has 194 valence electrons. The van der Waals surface area contributed by atoms with Crippen LogP contribution < -0.4 is 10.4 Å². The molecule has 1 fully saturated rings. The van der Waals surface area contributed by atoms with Crippen LogP contribution in [0.1, 0.15) is 46.1 Å². The van der Waals surface area contributed by atoms with Gasteiger partial charge in [0, 0.05) is 29.5 Å². The van der Waals surface area contributed by atoms with Crippen molar-refractivity contribution in [3.63, 3.8) is 0 Å². The number of nitrogens with zero attached hydrogens (tertiary/aromatic N) is 4. The molecule has 7 nitrogen and oxygen atoms in total. The number of rotatable bonds is 3. The number of aromatic hydroxyl groups is 1. The van der Waals surface area contributed by atoms with Gasteiger partial charge in [-0.1, -0.05) is 42.5 Å². The molecule has 0 saturated carbocycles. The second-order valence-electron chi connectivity index (χ2n) is 10.0. The molecular formula is C28H31ClN4O3S. The standard InChI is InChI=1S/C28H30N4O3S.ClH/c1-29-13-10-19(11-14-29)16-30-18-32(31-15-12-23(33)27(34)26(31)28(30)35)25-21-7-3-2-6-20(21)17-36-24-9-5-4-8-22(24)25;/h2-9,12,15,19,25,34H,10-11,13-14,16-18H2,1H3;1H. The molecule has 1 saturated heterocycles. The maximum absolute atomic E-state index is 13.7. The van der Waals surface area contributed by atoms with E-state index >= 15 is 0 Å². The van der Waals surface area contributed by atoms with Crippen molar-refractivity contribution >= 4 is 30.1 Å². The number of thioether (sulfide) groups is 1. The van der Waals surface area contributed by atoms with Crippen LogP contribution in [-0.2, 0) is 5.75 Å². The number of fused-ring (bicyclic) bond motifs is 3. The Bertz CT molecular complexity index is 1320. The van der Waals surface area contributed by atoms with Crippen LogP contribution in [0, 0.1) is 5.92 Å². The van der Waals surface area contributed by atoms with Gasteiger partial charge < -0.3 is 14.9 Å². The van der Waals surface area contributed by atoms with Gasteiger partial charge in [0.1, 0.15) is 6.67 Å². The zero-order valence-corrected chi connectivity index (χ0v) is 22.4. The van der Waals surface area contributed by atoms with E-state index in [9.17, 15) is 14.7 Å². The first-order valence-electron chi connectivity index (χ1n) is 12.5. The highest BCUT2D eigenvalue weighted by molar-refractivity contribution is 7.98. The number of piperidine rings is 1. The van der Waals surface area contributed by atoms with Crippen molar-refractivity contribution in [3.8, 4) is 5.75 Å². The number of aromatic nitrogens is 1. The van der Waals surface area contributed by atoms with Gasteiger partial charge in [0.15, 0.2) is 11.4 Å². The molecule has 1 aromatic heterocycles. The Morgan fingerprint density at radius 2 is 1.68 bits per heavy atom. The zero-order valence-electron chi connectivity index (χ0n) is 20.7. The van der Waals surface area contributed by atoms with E-state index in [0.717, 1.165) is 37.2 Å². The van der Waals surface area contributed by atoms with E-state index in [1.165, 1.54) is 22.1 Å². The third kappa shape index (κ3) is 4.62. The lowest BCUT2D eigenvalue weighted by molar-refractivity contribution is 0.0616. The predicted molar refractivity (Wildman–Crippen MR) is 148 cm³/mol. The summed E-state index contributed by atoms with van der Waals surface area (Å²) >= 11 is 1.82. The SMILES string of the molecule is CN1CCC(CN2CN(C3c4ccccc4CSc4ccccc43)n3ccc(=O)c(O)c3C2=O)CC1.Cl. The highest BCUT2D eigenvalue weighted by Crippen LogP contribution is 2.42. The molecule has 0 aliphatic carbocycles. The number of likely N-dealkylation sites (tertiary alicyclic amines) is 1. The number of pyridine rings is 1. The minimum Gasteiger partial charge on any atom is -0.502 e. The van der Waals surface area contributed by atoms with Crippen LogP contribution in [0.2, 0.25) is 0 Å². The summed E-state index contributed by atoms with van der Waals surface area (Å²) < 4.78 is 1.71. The first kappa shape index (κ1) is 25.7. The molecule has 2 aromatic carbocycles. The summed E-state index contributed by atoms with van der Waals surface area (Å²) in [4.78, 5) is 31.5. The van der Waals surface area contributed by atoms with Crippen LogP contribution in [0.4, 0.5) is 0 Å². The second-order valence-corrected chi connectivity index (χ2v) is 11.0. The van der Waals surface area contributed by atoms with Crippen LogP contribution in [0.5, 0.6) is 5.75 Å². The summed E-state index contributed by atoms with van der Waals surface area (Å²) in [6, 6.07) is 18.0. The highest BCUT2D eigenvalue weighted by Gasteiger charge is 2.39. The van der Waals surface area contributed by atoms with Crippen molar-refractivity contribution in [1.29, 1.82) is 0 Å². The van der Waals surface area contributed by atoms with Gasteiger partial charge in [-0.25, -0.2) is 0 Å². The van der Waals surface area contributed by atoms with Crippen molar-refractivity contribution in [3.05, 3.63) is 93.4 Å². The van der Waals surface area contributed by atoms with Crippen molar-refractivity contribution in [2.24, 2.45) is 5.92 Å². The number of amides is 1. The topological polar surface area (TPSA) is 69.0 Å². The van der Waals surface area contributed by atoms with Crippen molar-refractivity contribution < 1.29 is 9.90 Å². The lowest BCUT2D eigenvalue weighted by atomic mass is 9.94. The first-order valence-corrected chi connectivity index (χ1v) is 13.5. The Morgan fingerprint density at radius 1 is 0.973 bits per heavy atom. The Kier molecular flexibility index (Phi) is 7.25. The molecule has 1 N–H and O–H groups in total. The molecule has 6 rings (SSSR count). The summed E-state index contributed by atoms with van der Waals surface area (Å²) in [6.07, 6.45) is 3.69. The molecule has 1 unspecified atom stereocenters. The molecule has 37 heavy (non-hydrogen) atoms. The van der Waals surface area contributed by atoms with Crippen LogP contribution in [0.25, 0.3) is 0 Å². The normalized spacial score (nSPS) is 19.9. The van der Waals surface area contributed by atoms with Crippen LogP contribution in [0.3, 0.4) is 0 Å². The van der Waals surface area contributed by atoms with E-state index in [1.807, 2.05) is 16.7 Å². The molecule has 1 amide bonds. The van der Waals surface area contributed by atoms with Gasteiger partial charge in [0.05, 0.1) is 6.04 Å². The molecule has 0 radical (unpaired) electrons. The van der Waals surface area contributed by atoms with Crippen LogP contribution >= 0.6 is 24.2 Å². The number of hydrogen-bond donors (Lipinski definition) is 1. The molecule has 0 spiro atoms. The second kappa shape index (κ2) is 10.4. The van der Waals surface area contributed by atoms with Gasteiger partial charge in [-0.15, -0.1) is 24.2 Å². The largest absolute Gasteiger partial charge is 0.502 e. The molecule has 4 heterocycles. The Balaban J connectivity index is 0.00000280. The Labute approximate surface area is 227 Å². The molecule has 3 aromatic rings. The first-order chi connectivity index (χ1) is 17.5. The van der Waals surface area contributed by atoms with E-state index in [1.54, 1.807) is 10.9 Å². The van der Waals surface area contributed by atoms with Gasteiger partial charge in [-0.2, -0.15) is 0 Å². The number of carbonyl (C=O) groups excluding carboxylic acids is 1. The van der Waals surface area contributed by atoms with Gasteiger partial charge >= 0.3 is 0 Å². The summed E-state index contributed by atoms with van der Waals surface area (Å²) in [7, 11) is 2.13. The minimum atomic E-state index is -0.534. The summed E-state index contributed by atoms with van der Waals surface area (Å²) in [6.45, 7) is 3.01. The van der Waals surface area contributed by atoms with Gasteiger partial charge in [-0.3, -0.25) is 19.3 Å². The van der Waals surface area contributed by atoms with Gasteiger partial charge in [-0.05, 0) is 61.7 Å². The van der Waals surface area contributed by atoms with Crippen molar-refractivity contribution in [1.82, 2.24) is 14.5 Å². The fourth-order valence-electron chi connectivity index (χ4n) is 5.70. The fourth-order valence-corrected chi connectivity index (χ4v) is 6.80. The van der Waals surface area contributed by atoms with Gasteiger partial charge in [0.25, 0.3) is 5.91 Å². The van der Waals surface area contributed by atoms with E-state index in [-0.39, 0.29) is 30.0 Å². The van der Waals surface area contributed by atoms with E-state index < -0.39 is 11.2 Å². The molecule has 1 atom stereocenters. The van der Waals surface area contributed by atoms with E-state index in [4.69, 9.17) is 0 Å². The van der Waals surface area contributed by atoms with Crippen LogP contribution in [0.15, 0.2) is 70.5 Å². The number of halogens is 1. The minimum absolute atomic E-state index is 0. The zero-order chi connectivity index (χ0) is 24.8. The van der Waals surface area contributed by atoms with Crippen molar-refractivity contribution in [2.45, 2.75) is 29.5 Å². The summed E-state index contributed by atoms with van der Waals surface area (Å²) in [5.41, 5.74) is 3.09. The average molecular weight is 539 g/mol. The van der Waals surface area contributed by atoms with Gasteiger partial charge in [0.2, 0.25) is 5.43 Å².